The van der Waals surface area contributed by atoms with E-state index in [1.54, 1.807) is 36.4 Å². The van der Waals surface area contributed by atoms with Crippen molar-refractivity contribution in [3.63, 3.8) is 0 Å². The van der Waals surface area contributed by atoms with Gasteiger partial charge in [-0.15, -0.1) is 0 Å². The van der Waals surface area contributed by atoms with Crippen LogP contribution in [0.25, 0.3) is 0 Å². The summed E-state index contributed by atoms with van der Waals surface area (Å²) < 4.78 is 6.79. The minimum Gasteiger partial charge on any atom is -0.506 e. The number of amides is 1. The Hall–Kier alpha value is -2.64. The minimum absolute atomic E-state index is 0.105. The fraction of sp³-hybridized carbons (Fsp3) is 0.0476. The highest BCUT2D eigenvalue weighted by molar-refractivity contribution is 9.11. The molecule has 142 valence electrons. The number of carbonyl (C=O) groups excluding carboxylic acids is 1. The van der Waals surface area contributed by atoms with E-state index in [9.17, 15) is 9.90 Å². The highest BCUT2D eigenvalue weighted by Gasteiger charge is 2.07. The van der Waals surface area contributed by atoms with Crippen molar-refractivity contribution in [2.75, 3.05) is 0 Å². The van der Waals surface area contributed by atoms with Gasteiger partial charge in [-0.05, 0) is 73.3 Å². The van der Waals surface area contributed by atoms with Gasteiger partial charge in [-0.25, -0.2) is 5.43 Å². The zero-order valence-electron chi connectivity index (χ0n) is 14.6. The van der Waals surface area contributed by atoms with Crippen molar-refractivity contribution in [3.05, 3.63) is 92.4 Å². The molecule has 1 amide bonds. The molecule has 28 heavy (non-hydrogen) atoms. The van der Waals surface area contributed by atoms with Gasteiger partial charge in [0.1, 0.15) is 18.1 Å². The summed E-state index contributed by atoms with van der Waals surface area (Å²) in [5.74, 6) is 0.360. The number of hydrogen-bond donors (Lipinski definition) is 2. The molecular formula is C21H16Br2N2O3. The molecule has 3 rings (SSSR count). The predicted octanol–water partition coefficient (Wildman–Crippen LogP) is 5.26. The number of nitrogens with zero attached hydrogens (tertiary/aromatic N) is 1. The molecule has 0 radical (unpaired) electrons. The molecular weight excluding hydrogens is 488 g/mol. The van der Waals surface area contributed by atoms with E-state index in [1.165, 1.54) is 6.21 Å². The fourth-order valence-electron chi connectivity index (χ4n) is 2.36. The lowest BCUT2D eigenvalue weighted by atomic mass is 10.2. The largest absolute Gasteiger partial charge is 0.506 e. The van der Waals surface area contributed by atoms with Crippen LogP contribution in [-0.4, -0.2) is 17.2 Å². The number of hydrogen-bond acceptors (Lipinski definition) is 4. The Morgan fingerprint density at radius 3 is 2.46 bits per heavy atom. The number of ether oxygens (including phenoxy) is 1. The van der Waals surface area contributed by atoms with Crippen LogP contribution >= 0.6 is 31.9 Å². The zero-order valence-corrected chi connectivity index (χ0v) is 17.8. The second-order valence-electron chi connectivity index (χ2n) is 5.83. The lowest BCUT2D eigenvalue weighted by molar-refractivity contribution is 0.0954. The first-order chi connectivity index (χ1) is 13.5. The summed E-state index contributed by atoms with van der Waals surface area (Å²) in [6.07, 6.45) is 1.49. The van der Waals surface area contributed by atoms with Crippen LogP contribution in [0.15, 0.2) is 80.8 Å². The molecule has 5 nitrogen and oxygen atoms in total. The molecule has 0 heterocycles. The Bertz CT molecular complexity index is 985. The summed E-state index contributed by atoms with van der Waals surface area (Å²) in [7, 11) is 0. The van der Waals surface area contributed by atoms with Crippen LogP contribution in [0.4, 0.5) is 0 Å². The third-order valence-electron chi connectivity index (χ3n) is 3.76. The Balaban J connectivity index is 1.61. The predicted molar refractivity (Wildman–Crippen MR) is 116 cm³/mol. The van der Waals surface area contributed by atoms with Gasteiger partial charge in [-0.3, -0.25) is 4.79 Å². The summed E-state index contributed by atoms with van der Waals surface area (Å²) in [5.41, 5.74) is 4.68. The molecule has 0 fully saturated rings. The van der Waals surface area contributed by atoms with E-state index >= 15 is 0 Å². The number of rotatable bonds is 6. The van der Waals surface area contributed by atoms with Gasteiger partial charge < -0.3 is 9.84 Å². The molecule has 2 N–H and O–H groups in total. The monoisotopic (exact) mass is 502 g/mol. The Morgan fingerprint density at radius 1 is 1.04 bits per heavy atom. The first-order valence-corrected chi connectivity index (χ1v) is 9.90. The second-order valence-corrected chi connectivity index (χ2v) is 7.54. The fourth-order valence-corrected chi connectivity index (χ4v) is 3.58. The smallest absolute Gasteiger partial charge is 0.271 e. The number of benzene rings is 3. The maximum Gasteiger partial charge on any atom is 0.271 e. The van der Waals surface area contributed by atoms with E-state index < -0.39 is 0 Å². The standard InChI is InChI=1S/C21H16Br2N2O3/c22-18-9-15(10-19(23)20(18)26)12-24-25-21(27)16-7-4-8-17(11-16)28-13-14-5-2-1-3-6-14/h1-12,26H,13H2,(H,25,27). The third kappa shape index (κ3) is 5.43. The number of phenols is 1. The van der Waals surface area contributed by atoms with Crippen molar-refractivity contribution in [3.8, 4) is 11.5 Å². The quantitative estimate of drug-likeness (QED) is 0.356. The molecule has 0 unspecified atom stereocenters. The van der Waals surface area contributed by atoms with E-state index in [1.807, 2.05) is 30.3 Å². The first kappa shape index (κ1) is 20.1. The van der Waals surface area contributed by atoms with Gasteiger partial charge in [0, 0.05) is 5.56 Å². The Kier molecular flexibility index (Phi) is 6.84. The van der Waals surface area contributed by atoms with Crippen LogP contribution in [-0.2, 0) is 6.61 Å². The van der Waals surface area contributed by atoms with Gasteiger partial charge in [-0.2, -0.15) is 5.10 Å². The Morgan fingerprint density at radius 2 is 1.75 bits per heavy atom. The molecule has 0 aromatic heterocycles. The molecule has 0 saturated carbocycles. The topological polar surface area (TPSA) is 70.9 Å². The molecule has 0 spiro atoms. The van der Waals surface area contributed by atoms with Crippen molar-refractivity contribution >= 4 is 44.0 Å². The molecule has 3 aromatic rings. The second kappa shape index (κ2) is 9.52. The highest BCUT2D eigenvalue weighted by Crippen LogP contribution is 2.32. The van der Waals surface area contributed by atoms with Gasteiger partial charge in [-0.1, -0.05) is 36.4 Å². The first-order valence-electron chi connectivity index (χ1n) is 8.31. The molecule has 0 aliphatic rings. The maximum absolute atomic E-state index is 12.3. The summed E-state index contributed by atoms with van der Waals surface area (Å²) >= 11 is 6.50. The average molecular weight is 504 g/mol. The van der Waals surface area contributed by atoms with Crippen molar-refractivity contribution in [2.24, 2.45) is 5.10 Å². The molecule has 3 aromatic carbocycles. The lowest BCUT2D eigenvalue weighted by Crippen LogP contribution is -2.17. The lowest BCUT2D eigenvalue weighted by Gasteiger charge is -2.07. The molecule has 0 bridgehead atoms. The Labute approximate surface area is 179 Å². The number of phenolic OH excluding ortho intramolecular Hbond substituents is 1. The van der Waals surface area contributed by atoms with Gasteiger partial charge in [0.15, 0.2) is 0 Å². The highest BCUT2D eigenvalue weighted by atomic mass is 79.9. The van der Waals surface area contributed by atoms with E-state index in [0.29, 0.717) is 32.4 Å². The van der Waals surface area contributed by atoms with Crippen LogP contribution in [0.2, 0.25) is 0 Å². The van der Waals surface area contributed by atoms with Crippen molar-refractivity contribution < 1.29 is 14.6 Å². The van der Waals surface area contributed by atoms with Gasteiger partial charge in [0.05, 0.1) is 15.2 Å². The molecule has 0 saturated heterocycles. The molecule has 0 atom stereocenters. The van der Waals surface area contributed by atoms with Crippen LogP contribution in [0.3, 0.4) is 0 Å². The van der Waals surface area contributed by atoms with Crippen LogP contribution in [0, 0.1) is 0 Å². The number of nitrogens with one attached hydrogen (secondary N) is 1. The van der Waals surface area contributed by atoms with E-state index in [2.05, 4.69) is 42.4 Å². The normalized spacial score (nSPS) is 10.8. The van der Waals surface area contributed by atoms with E-state index in [0.717, 1.165) is 5.56 Å². The number of carbonyl (C=O) groups is 1. The SMILES string of the molecule is O=C(NN=Cc1cc(Br)c(O)c(Br)c1)c1cccc(OCc2ccccc2)c1. The van der Waals surface area contributed by atoms with Crippen molar-refractivity contribution in [1.29, 1.82) is 0 Å². The number of halogens is 2. The van der Waals surface area contributed by atoms with Crippen molar-refractivity contribution in [1.82, 2.24) is 5.43 Å². The maximum atomic E-state index is 12.3. The summed E-state index contributed by atoms with van der Waals surface area (Å²) in [6.45, 7) is 0.425. The molecule has 7 heteroatoms. The number of aromatic hydroxyl groups is 1. The molecule has 0 aliphatic heterocycles. The summed E-state index contributed by atoms with van der Waals surface area (Å²) in [5, 5.41) is 13.7. The van der Waals surface area contributed by atoms with Gasteiger partial charge in [0.25, 0.3) is 5.91 Å². The van der Waals surface area contributed by atoms with Gasteiger partial charge >= 0.3 is 0 Å². The van der Waals surface area contributed by atoms with Crippen LogP contribution in [0.1, 0.15) is 21.5 Å². The molecule has 0 aliphatic carbocycles. The van der Waals surface area contributed by atoms with Crippen molar-refractivity contribution in [2.45, 2.75) is 6.61 Å². The van der Waals surface area contributed by atoms with Gasteiger partial charge in [0.2, 0.25) is 0 Å². The third-order valence-corrected chi connectivity index (χ3v) is 4.97. The van der Waals surface area contributed by atoms with Crippen LogP contribution in [0.5, 0.6) is 11.5 Å². The zero-order chi connectivity index (χ0) is 19.9. The average Bonchev–Trinajstić information content (AvgIpc) is 2.71. The number of hydrazone groups is 1. The minimum atomic E-state index is -0.349. The summed E-state index contributed by atoms with van der Waals surface area (Å²) in [6, 6.07) is 20.1. The summed E-state index contributed by atoms with van der Waals surface area (Å²) in [4.78, 5) is 12.3. The van der Waals surface area contributed by atoms with E-state index in [4.69, 9.17) is 4.74 Å². The van der Waals surface area contributed by atoms with Crippen LogP contribution < -0.4 is 10.2 Å². The van der Waals surface area contributed by atoms with E-state index in [-0.39, 0.29) is 11.7 Å².